The maximum absolute atomic E-state index is 12.0. The Balaban J connectivity index is 1.96. The van der Waals surface area contributed by atoms with Gasteiger partial charge in [0.2, 0.25) is 0 Å². The van der Waals surface area contributed by atoms with Crippen molar-refractivity contribution in [3.05, 3.63) is 72.1 Å². The van der Waals surface area contributed by atoms with E-state index < -0.39 is 26.0 Å². The molecule has 2 aromatic carbocycles. The van der Waals surface area contributed by atoms with Gasteiger partial charge in [0.15, 0.2) is 0 Å². The molecule has 0 N–H and O–H groups in total. The van der Waals surface area contributed by atoms with Crippen LogP contribution in [0.3, 0.4) is 0 Å². The summed E-state index contributed by atoms with van der Waals surface area (Å²) in [7, 11) is -8.07. The highest BCUT2D eigenvalue weighted by Gasteiger charge is 2.22. The summed E-state index contributed by atoms with van der Waals surface area (Å²) in [4.78, 5) is -0.341. The van der Waals surface area contributed by atoms with E-state index in [0.717, 1.165) is 0 Å². The van der Waals surface area contributed by atoms with E-state index in [-0.39, 0.29) is 22.8 Å². The van der Waals surface area contributed by atoms with E-state index >= 15 is 0 Å². The van der Waals surface area contributed by atoms with Crippen LogP contribution in [0.2, 0.25) is 0 Å². The lowest BCUT2D eigenvalue weighted by Gasteiger charge is -2.10. The van der Waals surface area contributed by atoms with Crippen molar-refractivity contribution in [3.8, 4) is 11.5 Å². The van der Waals surface area contributed by atoms with E-state index in [1.54, 1.807) is 36.4 Å². The van der Waals surface area contributed by atoms with Gasteiger partial charge < -0.3 is 8.37 Å². The lowest BCUT2D eigenvalue weighted by atomic mass is 10.3. The first-order chi connectivity index (χ1) is 11.3. The fourth-order valence-corrected chi connectivity index (χ4v) is 3.64. The highest BCUT2D eigenvalue weighted by atomic mass is 32.2. The van der Waals surface area contributed by atoms with Gasteiger partial charge in [-0.05, 0) is 24.3 Å². The third kappa shape index (κ3) is 5.39. The molecule has 0 aromatic heterocycles. The second-order valence-corrected chi connectivity index (χ2v) is 8.14. The molecule has 0 aliphatic heterocycles. The van der Waals surface area contributed by atoms with Crippen molar-refractivity contribution in [3.63, 3.8) is 0 Å². The van der Waals surface area contributed by atoms with Crippen LogP contribution in [0.5, 0.6) is 11.5 Å². The van der Waals surface area contributed by atoms with Gasteiger partial charge in [-0.15, -0.1) is 0 Å². The Kier molecular flexibility index (Phi) is 5.63. The van der Waals surface area contributed by atoms with Crippen molar-refractivity contribution in [2.75, 3.05) is 5.75 Å². The quantitative estimate of drug-likeness (QED) is 0.666. The molecular formula is C16H16O6S2. The Bertz CT molecular complexity index is 888. The number of benzene rings is 2. The van der Waals surface area contributed by atoms with Crippen LogP contribution in [0.15, 0.2) is 72.1 Å². The zero-order valence-electron chi connectivity index (χ0n) is 12.7. The summed E-state index contributed by atoms with van der Waals surface area (Å²) < 4.78 is 57.6. The molecule has 6 nitrogen and oxygen atoms in total. The van der Waals surface area contributed by atoms with Gasteiger partial charge in [-0.1, -0.05) is 43.0 Å². The van der Waals surface area contributed by atoms with Crippen molar-refractivity contribution < 1.29 is 25.2 Å². The van der Waals surface area contributed by atoms with Gasteiger partial charge >= 0.3 is 20.2 Å². The Labute approximate surface area is 141 Å². The molecule has 0 radical (unpaired) electrons. The lowest BCUT2D eigenvalue weighted by molar-refractivity contribution is 0.484. The minimum atomic E-state index is -4.12. The SMILES string of the molecule is C=C(CCS(=O)(=O)Oc1ccccc1)S(=O)(=O)Oc1ccccc1. The number of para-hydroxylation sites is 2. The normalized spacial score (nSPS) is 11.7. The maximum Gasteiger partial charge on any atom is 0.334 e. The molecule has 0 amide bonds. The monoisotopic (exact) mass is 368 g/mol. The zero-order chi connectivity index (χ0) is 17.6. The van der Waals surface area contributed by atoms with Crippen LogP contribution in [0.1, 0.15) is 6.42 Å². The third-order valence-corrected chi connectivity index (χ3v) is 5.37. The number of hydrogen-bond donors (Lipinski definition) is 0. The van der Waals surface area contributed by atoms with Gasteiger partial charge in [-0.3, -0.25) is 0 Å². The minimum absolute atomic E-state index is 0.127. The predicted molar refractivity (Wildman–Crippen MR) is 90.6 cm³/mol. The highest BCUT2D eigenvalue weighted by molar-refractivity contribution is 7.91. The summed E-state index contributed by atoms with van der Waals surface area (Å²) in [6.07, 6.45) is -0.329. The van der Waals surface area contributed by atoms with Crippen molar-refractivity contribution in [1.29, 1.82) is 0 Å². The van der Waals surface area contributed by atoms with Crippen LogP contribution in [-0.2, 0) is 20.2 Å². The molecule has 0 fully saturated rings. The molecule has 24 heavy (non-hydrogen) atoms. The van der Waals surface area contributed by atoms with Crippen LogP contribution < -0.4 is 8.37 Å². The lowest BCUT2D eigenvalue weighted by Crippen LogP contribution is -2.18. The summed E-state index contributed by atoms with van der Waals surface area (Å²) in [5.74, 6) is -0.244. The van der Waals surface area contributed by atoms with Gasteiger partial charge in [0.1, 0.15) is 11.5 Å². The molecule has 2 aromatic rings. The molecule has 8 heteroatoms. The molecule has 0 aliphatic rings. The molecule has 0 heterocycles. The Morgan fingerprint density at radius 1 is 0.792 bits per heavy atom. The van der Waals surface area contributed by atoms with E-state index in [2.05, 4.69) is 6.58 Å². The second-order valence-electron chi connectivity index (χ2n) is 4.80. The predicted octanol–water partition coefficient (Wildman–Crippen LogP) is 2.71. The van der Waals surface area contributed by atoms with Crippen LogP contribution in [-0.4, -0.2) is 22.6 Å². The Morgan fingerprint density at radius 2 is 1.25 bits per heavy atom. The summed E-state index contributed by atoms with van der Waals surface area (Å²) >= 11 is 0. The van der Waals surface area contributed by atoms with Gasteiger partial charge in [0.05, 0.1) is 10.7 Å². The van der Waals surface area contributed by atoms with Crippen LogP contribution >= 0.6 is 0 Å². The molecule has 0 saturated heterocycles. The Hall–Kier alpha value is -2.32. The smallest absolute Gasteiger partial charge is 0.334 e. The first kappa shape index (κ1) is 18.0. The van der Waals surface area contributed by atoms with Crippen molar-refractivity contribution >= 4 is 20.2 Å². The fourth-order valence-electron chi connectivity index (χ4n) is 1.69. The van der Waals surface area contributed by atoms with Crippen LogP contribution in [0, 0.1) is 0 Å². The molecule has 0 bridgehead atoms. The first-order valence-electron chi connectivity index (χ1n) is 6.93. The van der Waals surface area contributed by atoms with Crippen LogP contribution in [0.25, 0.3) is 0 Å². The summed E-state index contributed by atoms with van der Waals surface area (Å²) in [5, 5.41) is 0. The second kappa shape index (κ2) is 7.50. The Morgan fingerprint density at radius 3 is 1.75 bits per heavy atom. The maximum atomic E-state index is 12.0. The van der Waals surface area contributed by atoms with Crippen molar-refractivity contribution in [2.24, 2.45) is 0 Å². The largest absolute Gasteiger partial charge is 0.382 e. The molecule has 128 valence electrons. The fraction of sp³-hybridized carbons (Fsp3) is 0.125. The average molecular weight is 368 g/mol. The number of allylic oxidation sites excluding steroid dienone is 1. The highest BCUT2D eigenvalue weighted by Crippen LogP contribution is 2.19. The molecule has 2 rings (SSSR count). The van der Waals surface area contributed by atoms with Crippen molar-refractivity contribution in [1.82, 2.24) is 0 Å². The molecular weight excluding hydrogens is 352 g/mol. The zero-order valence-corrected chi connectivity index (χ0v) is 14.3. The van der Waals surface area contributed by atoms with Gasteiger partial charge in [0, 0.05) is 6.42 Å². The molecule has 0 saturated carbocycles. The van der Waals surface area contributed by atoms with E-state index in [4.69, 9.17) is 8.37 Å². The van der Waals surface area contributed by atoms with E-state index in [0.29, 0.717) is 0 Å². The summed E-state index contributed by atoms with van der Waals surface area (Å²) in [5.41, 5.74) is 0. The van der Waals surface area contributed by atoms with Crippen LogP contribution in [0.4, 0.5) is 0 Å². The third-order valence-electron chi connectivity index (χ3n) is 2.90. The molecule has 0 atom stereocenters. The topological polar surface area (TPSA) is 86.7 Å². The molecule has 0 aliphatic carbocycles. The van der Waals surface area contributed by atoms with E-state index in [1.165, 1.54) is 24.3 Å². The molecule has 0 spiro atoms. The number of rotatable bonds is 8. The first-order valence-corrected chi connectivity index (χ1v) is 9.92. The van der Waals surface area contributed by atoms with Gasteiger partial charge in [0.25, 0.3) is 0 Å². The summed E-state index contributed by atoms with van der Waals surface area (Å²) in [6, 6.07) is 15.8. The van der Waals surface area contributed by atoms with E-state index in [9.17, 15) is 16.8 Å². The van der Waals surface area contributed by atoms with E-state index in [1.807, 2.05) is 0 Å². The standard InChI is InChI=1S/C16H16O6S2/c1-14(24(19,20)22-16-10-6-3-7-11-16)12-13-23(17,18)21-15-8-4-2-5-9-15/h2-11H,1,12-13H2. The average Bonchev–Trinajstić information content (AvgIpc) is 2.53. The minimum Gasteiger partial charge on any atom is -0.382 e. The number of hydrogen-bond acceptors (Lipinski definition) is 6. The van der Waals surface area contributed by atoms with Gasteiger partial charge in [-0.25, -0.2) is 0 Å². The molecule has 0 unspecified atom stereocenters. The summed E-state index contributed by atoms with van der Waals surface area (Å²) in [6.45, 7) is 3.40. The van der Waals surface area contributed by atoms with Gasteiger partial charge in [-0.2, -0.15) is 16.8 Å². The van der Waals surface area contributed by atoms with Crippen molar-refractivity contribution in [2.45, 2.75) is 6.42 Å².